The van der Waals surface area contributed by atoms with Crippen molar-refractivity contribution in [2.24, 2.45) is 5.92 Å². The Kier molecular flexibility index (Phi) is 6.92. The number of sulfone groups is 1. The van der Waals surface area contributed by atoms with Crippen LogP contribution in [0.5, 0.6) is 0 Å². The van der Waals surface area contributed by atoms with Crippen LogP contribution >= 0.6 is 22.7 Å². The van der Waals surface area contributed by atoms with Gasteiger partial charge in [-0.3, -0.25) is 4.90 Å². The molecule has 2 aromatic rings. The van der Waals surface area contributed by atoms with Crippen molar-refractivity contribution in [2.45, 2.75) is 37.5 Å². The Hall–Kier alpha value is -1.49. The molecule has 0 spiro atoms. The molecule has 2 saturated heterocycles. The highest BCUT2D eigenvalue weighted by Gasteiger charge is 2.42. The fraction of sp³-hybridized carbons (Fsp3) is 0.667. The van der Waals surface area contributed by atoms with Gasteiger partial charge in [0, 0.05) is 30.4 Å². The van der Waals surface area contributed by atoms with Gasteiger partial charge in [-0.25, -0.2) is 8.42 Å². The lowest BCUT2D eigenvalue weighted by Gasteiger charge is -2.45. The normalized spacial score (nSPS) is 23.9. The average Bonchev–Trinajstić information content (AvgIpc) is 3.42. The van der Waals surface area contributed by atoms with E-state index in [1.807, 2.05) is 0 Å². The Morgan fingerprint density at radius 1 is 1.00 bits per heavy atom. The molecule has 4 heterocycles. The summed E-state index contributed by atoms with van der Waals surface area (Å²) in [5, 5.41) is 16.7. The van der Waals surface area contributed by atoms with Crippen LogP contribution in [0.3, 0.4) is 0 Å². The highest BCUT2D eigenvalue weighted by molar-refractivity contribution is 7.91. The maximum Gasteiger partial charge on any atom is 0.445 e. The van der Waals surface area contributed by atoms with E-state index >= 15 is 0 Å². The second-order valence-corrected chi connectivity index (χ2v) is 12.6. The predicted octanol–water partition coefficient (Wildman–Crippen LogP) is 3.64. The largest absolute Gasteiger partial charge is 0.445 e. The number of aliphatic hydroxyl groups excluding tert-OH is 1. The molecule has 16 heteroatoms. The summed E-state index contributed by atoms with van der Waals surface area (Å²) in [6.45, 7) is 0.296. The number of piperazine rings is 1. The first-order valence-corrected chi connectivity index (χ1v) is 13.7. The van der Waals surface area contributed by atoms with Crippen molar-refractivity contribution in [3.63, 3.8) is 0 Å². The number of thiophene rings is 1. The molecule has 0 radical (unpaired) electrons. The Balaban J connectivity index is 1.60. The summed E-state index contributed by atoms with van der Waals surface area (Å²) in [6.07, 6.45) is -9.89. The predicted molar refractivity (Wildman–Crippen MR) is 113 cm³/mol. The number of alkyl halides is 6. The molecule has 190 valence electrons. The molecule has 0 aliphatic carbocycles. The van der Waals surface area contributed by atoms with Gasteiger partial charge in [0.2, 0.25) is 10.1 Å². The van der Waals surface area contributed by atoms with Crippen molar-refractivity contribution >= 4 is 37.6 Å². The Morgan fingerprint density at radius 3 is 2.24 bits per heavy atom. The van der Waals surface area contributed by atoms with Gasteiger partial charge < -0.3 is 10.0 Å². The van der Waals surface area contributed by atoms with E-state index in [1.165, 1.54) is 11.0 Å². The fourth-order valence-corrected chi connectivity index (χ4v) is 7.42. The molecular weight excluding hydrogens is 530 g/mol. The van der Waals surface area contributed by atoms with Gasteiger partial charge in [0.25, 0.3) is 0 Å². The van der Waals surface area contributed by atoms with Gasteiger partial charge in [-0.2, -0.15) is 26.3 Å². The molecule has 2 aromatic heterocycles. The number of aliphatic hydroxyl groups is 1. The lowest BCUT2D eigenvalue weighted by Crippen LogP contribution is -2.54. The van der Waals surface area contributed by atoms with Gasteiger partial charge in [0.1, 0.15) is 20.9 Å². The van der Waals surface area contributed by atoms with Crippen LogP contribution in [0, 0.1) is 5.92 Å². The first-order valence-electron chi connectivity index (χ1n) is 10.2. The summed E-state index contributed by atoms with van der Waals surface area (Å²) >= 11 is 0.853. The summed E-state index contributed by atoms with van der Waals surface area (Å²) < 4.78 is 102. The molecule has 0 bridgehead atoms. The summed E-state index contributed by atoms with van der Waals surface area (Å²) in [5.74, 6) is -0.554. The van der Waals surface area contributed by atoms with E-state index in [4.69, 9.17) is 0 Å². The van der Waals surface area contributed by atoms with Gasteiger partial charge in [0.05, 0.1) is 17.5 Å². The lowest BCUT2D eigenvalue weighted by atomic mass is 9.97. The third kappa shape index (κ3) is 5.50. The van der Waals surface area contributed by atoms with Crippen LogP contribution in [0.4, 0.5) is 31.5 Å². The van der Waals surface area contributed by atoms with Gasteiger partial charge in [-0.05, 0) is 25.0 Å². The molecule has 1 N–H and O–H groups in total. The van der Waals surface area contributed by atoms with Crippen molar-refractivity contribution in [3.8, 4) is 0 Å². The first kappa shape index (κ1) is 25.6. The van der Waals surface area contributed by atoms with Gasteiger partial charge in [-0.15, -0.1) is 21.5 Å². The monoisotopic (exact) mass is 550 g/mol. The number of anilines is 1. The zero-order valence-electron chi connectivity index (χ0n) is 17.4. The van der Waals surface area contributed by atoms with Crippen molar-refractivity contribution in [2.75, 3.05) is 36.0 Å². The van der Waals surface area contributed by atoms with Gasteiger partial charge in [0.15, 0.2) is 0 Å². The molecule has 2 atom stereocenters. The second-order valence-electron chi connectivity index (χ2n) is 8.19. The van der Waals surface area contributed by atoms with Gasteiger partial charge in [-0.1, -0.05) is 11.3 Å². The second kappa shape index (κ2) is 9.19. The van der Waals surface area contributed by atoms with E-state index in [1.54, 1.807) is 4.90 Å². The van der Waals surface area contributed by atoms with E-state index in [0.29, 0.717) is 27.6 Å². The number of hydrogen-bond donors (Lipinski definition) is 1. The van der Waals surface area contributed by atoms with Crippen LogP contribution in [-0.2, 0) is 22.2 Å². The average molecular weight is 551 g/mol. The van der Waals surface area contributed by atoms with E-state index in [0.717, 1.165) is 6.07 Å². The number of halogens is 6. The molecule has 4 rings (SSSR count). The molecule has 2 unspecified atom stereocenters. The molecule has 34 heavy (non-hydrogen) atoms. The number of hydrogen-bond acceptors (Lipinski definition) is 9. The minimum absolute atomic E-state index is 0.00756. The zero-order valence-corrected chi connectivity index (χ0v) is 19.8. The third-order valence-corrected chi connectivity index (χ3v) is 9.92. The van der Waals surface area contributed by atoms with Crippen LogP contribution in [0.1, 0.15) is 33.6 Å². The Labute approximate surface area is 198 Å². The maximum absolute atomic E-state index is 13.2. The van der Waals surface area contributed by atoms with Crippen LogP contribution in [-0.4, -0.2) is 66.0 Å². The summed E-state index contributed by atoms with van der Waals surface area (Å²) in [5.41, 5.74) is 0. The summed E-state index contributed by atoms with van der Waals surface area (Å²) in [4.78, 5) is 2.59. The molecular formula is C18H20F6N4O3S3. The summed E-state index contributed by atoms with van der Waals surface area (Å²) in [7, 11) is -3.18. The Bertz CT molecular complexity index is 1100. The number of aromatic nitrogens is 2. The van der Waals surface area contributed by atoms with Crippen molar-refractivity contribution in [1.82, 2.24) is 15.1 Å². The van der Waals surface area contributed by atoms with Crippen molar-refractivity contribution < 1.29 is 39.9 Å². The molecule has 7 nitrogen and oxygen atoms in total. The van der Waals surface area contributed by atoms with Crippen LogP contribution in [0.2, 0.25) is 0 Å². The standard InChI is InChI=1S/C18H20F6N4O3S3/c19-17(20,21)13-2-1-12(32-13)11-9-27(16-26-25-15(33-16)18(22,23)24)5-6-28(11)14(29)10-3-7-34(30,31)8-4-10/h1-2,10-11,14,29H,3-9H2. The van der Waals surface area contributed by atoms with Crippen LogP contribution in [0.25, 0.3) is 0 Å². The van der Waals surface area contributed by atoms with Crippen molar-refractivity contribution in [1.29, 1.82) is 0 Å². The third-order valence-electron chi connectivity index (χ3n) is 5.94. The molecule has 0 amide bonds. The molecule has 0 aromatic carbocycles. The number of rotatable bonds is 4. The van der Waals surface area contributed by atoms with E-state index in [2.05, 4.69) is 10.2 Å². The quantitative estimate of drug-likeness (QED) is 0.582. The summed E-state index contributed by atoms with van der Waals surface area (Å²) in [6, 6.07) is 1.47. The highest BCUT2D eigenvalue weighted by atomic mass is 32.2. The minimum atomic E-state index is -4.66. The van der Waals surface area contributed by atoms with E-state index in [-0.39, 0.29) is 49.1 Å². The highest BCUT2D eigenvalue weighted by Crippen LogP contribution is 2.42. The Morgan fingerprint density at radius 2 is 1.68 bits per heavy atom. The van der Waals surface area contributed by atoms with Crippen LogP contribution < -0.4 is 4.90 Å². The van der Waals surface area contributed by atoms with Crippen LogP contribution in [0.15, 0.2) is 12.1 Å². The topological polar surface area (TPSA) is 86.6 Å². The molecule has 2 aliphatic rings. The van der Waals surface area contributed by atoms with E-state index < -0.39 is 50.3 Å². The molecule has 2 fully saturated rings. The smallest absolute Gasteiger partial charge is 0.378 e. The SMILES string of the molecule is O=S1(=O)CCC(C(O)N2CCN(c3nnc(C(F)(F)F)s3)CC2c2ccc(C(F)(F)F)s2)CC1. The van der Waals surface area contributed by atoms with Gasteiger partial charge >= 0.3 is 12.4 Å². The molecule has 0 saturated carbocycles. The maximum atomic E-state index is 13.2. The van der Waals surface area contributed by atoms with Crippen molar-refractivity contribution in [3.05, 3.63) is 26.9 Å². The van der Waals surface area contributed by atoms with E-state index in [9.17, 15) is 39.9 Å². The molecule has 2 aliphatic heterocycles. The first-order chi connectivity index (χ1) is 15.7. The number of nitrogens with zero attached hydrogens (tertiary/aromatic N) is 4. The minimum Gasteiger partial charge on any atom is -0.378 e. The zero-order chi connectivity index (χ0) is 24.9. The lowest BCUT2D eigenvalue weighted by molar-refractivity contribution is -0.138. The fourth-order valence-electron chi connectivity index (χ4n) is 4.16.